The van der Waals surface area contributed by atoms with E-state index >= 15 is 0 Å². The van der Waals surface area contributed by atoms with Gasteiger partial charge in [0.25, 0.3) is 0 Å². The molecule has 0 saturated carbocycles. The van der Waals surface area contributed by atoms with Crippen molar-refractivity contribution in [2.24, 2.45) is 0 Å². The number of nitrogens with zero attached hydrogens (tertiary/aromatic N) is 2. The Morgan fingerprint density at radius 3 is 2.42 bits per heavy atom. The quantitative estimate of drug-likeness (QED) is 0.861. The lowest BCUT2D eigenvalue weighted by molar-refractivity contribution is -0.153. The van der Waals surface area contributed by atoms with Crippen molar-refractivity contribution < 1.29 is 26.3 Å². The molecule has 1 N–H and O–H groups in total. The molecule has 0 radical (unpaired) electrons. The zero-order chi connectivity index (χ0) is 18.0. The molecule has 0 fully saturated rings. The van der Waals surface area contributed by atoms with Crippen LogP contribution in [0.2, 0.25) is 5.02 Å². The Morgan fingerprint density at radius 1 is 1.25 bits per heavy atom. The summed E-state index contributed by atoms with van der Waals surface area (Å²) in [5.41, 5.74) is -0.301. The van der Waals surface area contributed by atoms with E-state index < -0.39 is 27.1 Å². The normalized spacial score (nSPS) is 13.5. The summed E-state index contributed by atoms with van der Waals surface area (Å²) in [6.07, 6.45) is -4.04. The Kier molecular flexibility index (Phi) is 5.31. The number of sulfonamides is 1. The van der Waals surface area contributed by atoms with Crippen LogP contribution in [0.15, 0.2) is 41.4 Å². The van der Waals surface area contributed by atoms with Gasteiger partial charge in [-0.3, -0.25) is 0 Å². The molecule has 0 aliphatic rings. The van der Waals surface area contributed by atoms with Gasteiger partial charge in [0.05, 0.1) is 13.3 Å². The third kappa shape index (κ3) is 4.34. The van der Waals surface area contributed by atoms with Gasteiger partial charge in [0.15, 0.2) is 0 Å². The molecule has 0 spiro atoms. The molecule has 1 atom stereocenters. The van der Waals surface area contributed by atoms with Gasteiger partial charge in [0.1, 0.15) is 10.9 Å². The Labute approximate surface area is 140 Å². The molecule has 2 rings (SSSR count). The van der Waals surface area contributed by atoms with Gasteiger partial charge in [-0.25, -0.2) is 8.42 Å². The number of hydrogen-bond acceptors (Lipinski definition) is 5. The first-order valence-electron chi connectivity index (χ1n) is 6.35. The highest BCUT2D eigenvalue weighted by atomic mass is 35.5. The fourth-order valence-corrected chi connectivity index (χ4v) is 3.06. The van der Waals surface area contributed by atoms with Crippen LogP contribution in [0.4, 0.5) is 13.2 Å². The standard InChI is InChI=1S/C13H11ClF3N3O3S/c1-23-11-6-10(7-18-19-11)24(21,22)20-12(13(15,16)17)8-2-4-9(14)5-3-8/h2-7,12,20H,1H3. The van der Waals surface area contributed by atoms with Crippen molar-refractivity contribution >= 4 is 21.6 Å². The molecule has 0 aliphatic carbocycles. The molecule has 0 saturated heterocycles. The van der Waals surface area contributed by atoms with Crippen LogP contribution >= 0.6 is 11.6 Å². The minimum atomic E-state index is -4.86. The maximum atomic E-state index is 13.3. The minimum absolute atomic E-state index is 0.145. The van der Waals surface area contributed by atoms with E-state index in [-0.39, 0.29) is 16.5 Å². The first kappa shape index (κ1) is 18.4. The van der Waals surface area contributed by atoms with Crippen LogP contribution in [-0.2, 0) is 10.0 Å². The van der Waals surface area contributed by atoms with Crippen LogP contribution in [0.5, 0.6) is 5.88 Å². The van der Waals surface area contributed by atoms with Crippen molar-refractivity contribution in [3.05, 3.63) is 47.1 Å². The lowest BCUT2D eigenvalue weighted by atomic mass is 10.1. The second kappa shape index (κ2) is 6.91. The molecule has 0 aliphatic heterocycles. The lowest BCUT2D eigenvalue weighted by Gasteiger charge is -2.22. The van der Waals surface area contributed by atoms with Gasteiger partial charge in [0, 0.05) is 11.1 Å². The summed E-state index contributed by atoms with van der Waals surface area (Å²) in [5, 5.41) is 7.08. The first-order valence-corrected chi connectivity index (χ1v) is 8.21. The largest absolute Gasteiger partial charge is 0.480 e. The summed E-state index contributed by atoms with van der Waals surface area (Å²) in [6.45, 7) is 0. The van der Waals surface area contributed by atoms with Gasteiger partial charge in [-0.1, -0.05) is 23.7 Å². The summed E-state index contributed by atoms with van der Waals surface area (Å²) >= 11 is 5.64. The van der Waals surface area contributed by atoms with Gasteiger partial charge in [-0.15, -0.1) is 5.10 Å². The molecule has 11 heteroatoms. The van der Waals surface area contributed by atoms with E-state index in [0.717, 1.165) is 24.4 Å². The predicted molar refractivity (Wildman–Crippen MR) is 79.2 cm³/mol. The van der Waals surface area contributed by atoms with Crippen molar-refractivity contribution in [1.29, 1.82) is 0 Å². The number of nitrogens with one attached hydrogen (secondary N) is 1. The maximum Gasteiger partial charge on any atom is 0.408 e. The molecule has 24 heavy (non-hydrogen) atoms. The molecule has 6 nitrogen and oxygen atoms in total. The molecule has 130 valence electrons. The van der Waals surface area contributed by atoms with Gasteiger partial charge >= 0.3 is 6.18 Å². The fourth-order valence-electron chi connectivity index (χ4n) is 1.78. The zero-order valence-corrected chi connectivity index (χ0v) is 13.7. The number of rotatable bonds is 5. The summed E-state index contributed by atoms with van der Waals surface area (Å²) in [7, 11) is -3.30. The zero-order valence-electron chi connectivity index (χ0n) is 12.1. The van der Waals surface area contributed by atoms with Gasteiger partial charge in [-0.05, 0) is 17.7 Å². The number of benzene rings is 1. The molecule has 0 bridgehead atoms. The SMILES string of the molecule is COc1cc(S(=O)(=O)NC(c2ccc(Cl)cc2)C(F)(F)F)cnn1. The Hall–Kier alpha value is -1.91. The monoisotopic (exact) mass is 381 g/mol. The predicted octanol–water partition coefficient (Wildman–Crippen LogP) is 2.72. The third-order valence-electron chi connectivity index (χ3n) is 2.93. The Morgan fingerprint density at radius 2 is 1.88 bits per heavy atom. The van der Waals surface area contributed by atoms with Crippen LogP contribution in [-0.4, -0.2) is 31.9 Å². The van der Waals surface area contributed by atoms with Crippen LogP contribution in [0.1, 0.15) is 11.6 Å². The van der Waals surface area contributed by atoms with E-state index in [1.165, 1.54) is 19.2 Å². The van der Waals surface area contributed by atoms with E-state index in [0.29, 0.717) is 0 Å². The lowest BCUT2D eigenvalue weighted by Crippen LogP contribution is -2.38. The molecule has 2 aromatic rings. The van der Waals surface area contributed by atoms with Crippen molar-refractivity contribution in [3.63, 3.8) is 0 Å². The van der Waals surface area contributed by atoms with E-state index in [1.54, 1.807) is 4.72 Å². The number of halogens is 4. The summed E-state index contributed by atoms with van der Waals surface area (Å²) < 4.78 is 70.7. The highest BCUT2D eigenvalue weighted by molar-refractivity contribution is 7.89. The van der Waals surface area contributed by atoms with Gasteiger partial charge in [-0.2, -0.15) is 23.0 Å². The van der Waals surface area contributed by atoms with E-state index in [4.69, 9.17) is 16.3 Å². The second-order valence-corrected chi connectivity index (χ2v) is 6.73. The molecule has 1 heterocycles. The van der Waals surface area contributed by atoms with Crippen LogP contribution < -0.4 is 9.46 Å². The van der Waals surface area contributed by atoms with E-state index in [1.807, 2.05) is 0 Å². The van der Waals surface area contributed by atoms with Crippen molar-refractivity contribution in [1.82, 2.24) is 14.9 Å². The summed E-state index contributed by atoms with van der Waals surface area (Å²) in [6, 6.07) is 3.17. The third-order valence-corrected chi connectivity index (χ3v) is 4.57. The molecule has 1 aromatic carbocycles. The summed E-state index contributed by atoms with van der Waals surface area (Å²) in [5.74, 6) is -0.145. The maximum absolute atomic E-state index is 13.3. The number of aromatic nitrogens is 2. The highest BCUT2D eigenvalue weighted by Gasteiger charge is 2.43. The average Bonchev–Trinajstić information content (AvgIpc) is 2.53. The molecule has 0 amide bonds. The van der Waals surface area contributed by atoms with Crippen LogP contribution in [0.3, 0.4) is 0 Å². The van der Waals surface area contributed by atoms with E-state index in [2.05, 4.69) is 10.2 Å². The van der Waals surface area contributed by atoms with Crippen molar-refractivity contribution in [2.45, 2.75) is 17.1 Å². The number of alkyl halides is 3. The molecule has 1 aromatic heterocycles. The average molecular weight is 382 g/mol. The van der Waals surface area contributed by atoms with E-state index in [9.17, 15) is 21.6 Å². The van der Waals surface area contributed by atoms with Crippen molar-refractivity contribution in [3.8, 4) is 5.88 Å². The Balaban J connectivity index is 2.40. The highest BCUT2D eigenvalue weighted by Crippen LogP contribution is 2.34. The Bertz CT molecular complexity index is 813. The molecular formula is C13H11ClF3N3O3S. The van der Waals surface area contributed by atoms with Crippen LogP contribution in [0.25, 0.3) is 0 Å². The summed E-state index contributed by atoms with van der Waals surface area (Å²) in [4.78, 5) is -0.502. The van der Waals surface area contributed by atoms with Gasteiger partial charge < -0.3 is 4.74 Å². The fraction of sp³-hybridized carbons (Fsp3) is 0.231. The van der Waals surface area contributed by atoms with Crippen LogP contribution in [0, 0.1) is 0 Å². The van der Waals surface area contributed by atoms with Gasteiger partial charge in [0.2, 0.25) is 15.9 Å². The number of ether oxygens (including phenoxy) is 1. The first-order chi connectivity index (χ1) is 11.1. The van der Waals surface area contributed by atoms with Crippen molar-refractivity contribution in [2.75, 3.05) is 7.11 Å². The molecular weight excluding hydrogens is 371 g/mol. The number of hydrogen-bond donors (Lipinski definition) is 1. The molecule has 1 unspecified atom stereocenters. The number of methoxy groups -OCH3 is 1. The topological polar surface area (TPSA) is 81.2 Å². The second-order valence-electron chi connectivity index (χ2n) is 4.58. The smallest absolute Gasteiger partial charge is 0.408 e. The minimum Gasteiger partial charge on any atom is -0.480 e.